The first-order chi connectivity index (χ1) is 9.43. The molecule has 94 valence electrons. The molecule has 0 amide bonds. The molecule has 2 unspecified atom stereocenters. The Kier molecular flexibility index (Phi) is 2.20. The fourth-order valence-electron chi connectivity index (χ4n) is 2.54. The second kappa shape index (κ2) is 4.01. The predicted octanol–water partition coefficient (Wildman–Crippen LogP) is 1.16. The highest BCUT2D eigenvalue weighted by Crippen LogP contribution is 2.32. The molecular weight excluding hydrogens is 240 g/mol. The van der Waals surface area contributed by atoms with Gasteiger partial charge in [-0.3, -0.25) is 4.99 Å². The summed E-state index contributed by atoms with van der Waals surface area (Å²) in [5, 5.41) is 6.24. The lowest BCUT2D eigenvalue weighted by Crippen LogP contribution is -2.45. The van der Waals surface area contributed by atoms with Gasteiger partial charge in [0.05, 0.1) is 6.04 Å². The van der Waals surface area contributed by atoms with Crippen LogP contribution in [0.4, 0.5) is 5.95 Å². The number of hydrogen-bond donors (Lipinski definition) is 0. The fraction of sp³-hybridized carbons (Fsp3) is 0.231. The first kappa shape index (κ1) is 10.4. The first-order valence-corrected chi connectivity index (χ1v) is 6.21. The van der Waals surface area contributed by atoms with Crippen molar-refractivity contribution < 1.29 is 0 Å². The van der Waals surface area contributed by atoms with Crippen LogP contribution in [0.5, 0.6) is 0 Å². The Hall–Kier alpha value is -2.50. The Morgan fingerprint density at radius 1 is 1.21 bits per heavy atom. The van der Waals surface area contributed by atoms with Crippen molar-refractivity contribution in [2.24, 2.45) is 10.1 Å². The molecule has 1 aromatic rings. The highest BCUT2D eigenvalue weighted by atomic mass is 15.6. The molecule has 19 heavy (non-hydrogen) atoms. The topological polar surface area (TPSA) is 57.0 Å². The Labute approximate surface area is 110 Å². The van der Waals surface area contributed by atoms with Crippen LogP contribution in [0.2, 0.25) is 0 Å². The van der Waals surface area contributed by atoms with Crippen molar-refractivity contribution >= 4 is 18.5 Å². The Balaban J connectivity index is 1.75. The lowest BCUT2D eigenvalue weighted by atomic mass is 9.97. The summed E-state index contributed by atoms with van der Waals surface area (Å²) in [6.45, 7) is 0. The maximum Gasteiger partial charge on any atom is 0.248 e. The normalized spacial score (nSPS) is 27.3. The van der Waals surface area contributed by atoms with Crippen molar-refractivity contribution in [2.45, 2.75) is 18.6 Å². The smallest absolute Gasteiger partial charge is 0.248 e. The van der Waals surface area contributed by atoms with Gasteiger partial charge in [-0.1, -0.05) is 6.08 Å². The van der Waals surface area contributed by atoms with E-state index in [0.717, 1.165) is 6.42 Å². The number of dihydropyridines is 1. The standard InChI is InChI=1S/C13H12N6/c1-3-10-11(14-5-1)4-8-18-9-17-19(12(10)18)13-15-6-2-7-16-13/h2-9,11-12H,1H2. The van der Waals surface area contributed by atoms with Gasteiger partial charge in [0.2, 0.25) is 5.95 Å². The van der Waals surface area contributed by atoms with Crippen molar-refractivity contribution in [1.29, 1.82) is 0 Å². The van der Waals surface area contributed by atoms with Gasteiger partial charge in [0.25, 0.3) is 0 Å². The van der Waals surface area contributed by atoms with E-state index >= 15 is 0 Å². The molecule has 6 nitrogen and oxygen atoms in total. The second-order valence-electron chi connectivity index (χ2n) is 4.50. The Morgan fingerprint density at radius 3 is 3.00 bits per heavy atom. The minimum absolute atomic E-state index is 0.00912. The summed E-state index contributed by atoms with van der Waals surface area (Å²) in [4.78, 5) is 15.1. The third-order valence-corrected chi connectivity index (χ3v) is 3.39. The van der Waals surface area contributed by atoms with E-state index in [1.165, 1.54) is 5.57 Å². The zero-order chi connectivity index (χ0) is 12.7. The van der Waals surface area contributed by atoms with Gasteiger partial charge in [-0.05, 0) is 17.7 Å². The first-order valence-electron chi connectivity index (χ1n) is 6.21. The molecule has 4 rings (SSSR count). The van der Waals surface area contributed by atoms with Gasteiger partial charge >= 0.3 is 0 Å². The molecule has 3 aliphatic heterocycles. The number of hydrogen-bond acceptors (Lipinski definition) is 6. The van der Waals surface area contributed by atoms with Crippen LogP contribution in [0.25, 0.3) is 0 Å². The van der Waals surface area contributed by atoms with Gasteiger partial charge in [0.15, 0.2) is 6.17 Å². The summed E-state index contributed by atoms with van der Waals surface area (Å²) in [6, 6.07) is 1.91. The van der Waals surface area contributed by atoms with E-state index in [1.54, 1.807) is 24.8 Å². The van der Waals surface area contributed by atoms with Crippen LogP contribution in [-0.2, 0) is 0 Å². The monoisotopic (exact) mass is 252 g/mol. The average Bonchev–Trinajstić information content (AvgIpc) is 2.92. The Morgan fingerprint density at radius 2 is 2.11 bits per heavy atom. The summed E-state index contributed by atoms with van der Waals surface area (Å²) < 4.78 is 0. The van der Waals surface area contributed by atoms with Crippen LogP contribution in [0, 0.1) is 0 Å². The third kappa shape index (κ3) is 1.56. The predicted molar refractivity (Wildman–Crippen MR) is 72.8 cm³/mol. The Bertz CT molecular complexity index is 603. The molecule has 0 fully saturated rings. The average molecular weight is 252 g/mol. The van der Waals surface area contributed by atoms with E-state index in [-0.39, 0.29) is 12.2 Å². The number of anilines is 1. The summed E-state index contributed by atoms with van der Waals surface area (Å²) in [5.41, 5.74) is 1.23. The summed E-state index contributed by atoms with van der Waals surface area (Å²) in [6.07, 6.45) is 14.4. The van der Waals surface area contributed by atoms with Crippen LogP contribution in [0.1, 0.15) is 6.42 Å². The maximum absolute atomic E-state index is 4.51. The van der Waals surface area contributed by atoms with Gasteiger partial charge in [-0.15, -0.1) is 0 Å². The van der Waals surface area contributed by atoms with E-state index in [2.05, 4.69) is 37.1 Å². The fourth-order valence-corrected chi connectivity index (χ4v) is 2.54. The number of allylic oxidation sites excluding steroid dienone is 1. The van der Waals surface area contributed by atoms with Crippen LogP contribution in [0.15, 0.2) is 52.5 Å². The minimum atomic E-state index is 0.00912. The lowest BCUT2D eigenvalue weighted by molar-refractivity contribution is 0.439. The van der Waals surface area contributed by atoms with Crippen LogP contribution < -0.4 is 5.01 Å². The lowest BCUT2D eigenvalue weighted by Gasteiger charge is -2.35. The number of fused-ring (bicyclic) bond motifs is 3. The molecule has 0 aromatic carbocycles. The molecule has 1 aromatic heterocycles. The molecule has 0 radical (unpaired) electrons. The number of nitrogens with zero attached hydrogens (tertiary/aromatic N) is 6. The summed E-state index contributed by atoms with van der Waals surface area (Å²) in [7, 11) is 0. The van der Waals surface area contributed by atoms with Gasteiger partial charge in [0.1, 0.15) is 6.34 Å². The molecule has 6 heteroatoms. The van der Waals surface area contributed by atoms with E-state index < -0.39 is 0 Å². The summed E-state index contributed by atoms with van der Waals surface area (Å²) >= 11 is 0. The molecule has 0 saturated heterocycles. The summed E-state index contributed by atoms with van der Waals surface area (Å²) in [5.74, 6) is 0.607. The molecule has 0 saturated carbocycles. The third-order valence-electron chi connectivity index (χ3n) is 3.39. The minimum Gasteiger partial charge on any atom is -0.311 e. The van der Waals surface area contributed by atoms with Crippen molar-refractivity contribution in [1.82, 2.24) is 14.9 Å². The zero-order valence-corrected chi connectivity index (χ0v) is 10.2. The molecule has 3 aliphatic rings. The van der Waals surface area contributed by atoms with Crippen molar-refractivity contribution in [3.05, 3.63) is 42.4 Å². The highest BCUT2D eigenvalue weighted by molar-refractivity contribution is 5.70. The number of aromatic nitrogens is 2. The molecular formula is C13H12N6. The molecule has 0 bridgehead atoms. The second-order valence-corrected chi connectivity index (χ2v) is 4.50. The van der Waals surface area contributed by atoms with Crippen LogP contribution in [-0.4, -0.2) is 39.6 Å². The molecule has 0 N–H and O–H groups in total. The zero-order valence-electron chi connectivity index (χ0n) is 10.2. The van der Waals surface area contributed by atoms with E-state index in [9.17, 15) is 0 Å². The van der Waals surface area contributed by atoms with Gasteiger partial charge < -0.3 is 4.90 Å². The molecule has 4 heterocycles. The van der Waals surface area contributed by atoms with E-state index in [0.29, 0.717) is 5.95 Å². The van der Waals surface area contributed by atoms with Crippen molar-refractivity contribution in [3.8, 4) is 0 Å². The highest BCUT2D eigenvalue weighted by Gasteiger charge is 2.38. The van der Waals surface area contributed by atoms with E-state index in [1.807, 2.05) is 17.4 Å². The van der Waals surface area contributed by atoms with Gasteiger partial charge in [0, 0.05) is 31.2 Å². The molecule has 2 atom stereocenters. The largest absolute Gasteiger partial charge is 0.311 e. The van der Waals surface area contributed by atoms with Gasteiger partial charge in [-0.25, -0.2) is 15.0 Å². The van der Waals surface area contributed by atoms with Gasteiger partial charge in [-0.2, -0.15) is 5.10 Å². The molecule has 0 spiro atoms. The number of hydrazone groups is 1. The number of rotatable bonds is 1. The maximum atomic E-state index is 4.51. The quantitative estimate of drug-likeness (QED) is 0.704. The van der Waals surface area contributed by atoms with Crippen molar-refractivity contribution in [2.75, 3.05) is 5.01 Å². The molecule has 0 aliphatic carbocycles. The SMILES string of the molecule is C1=CN2C=NN(c3ncccn3)C2C2=CCC=NC12. The van der Waals surface area contributed by atoms with Crippen LogP contribution in [0.3, 0.4) is 0 Å². The van der Waals surface area contributed by atoms with Crippen molar-refractivity contribution in [3.63, 3.8) is 0 Å². The van der Waals surface area contributed by atoms with Crippen LogP contribution >= 0.6 is 0 Å². The number of aliphatic imine (C=N–C) groups is 1. The van der Waals surface area contributed by atoms with E-state index in [4.69, 9.17) is 0 Å².